The van der Waals surface area contributed by atoms with Crippen LogP contribution in [0.4, 0.5) is 10.1 Å². The van der Waals surface area contributed by atoms with E-state index in [9.17, 15) is 17.6 Å². The summed E-state index contributed by atoms with van der Waals surface area (Å²) in [6.45, 7) is 1.57. The highest BCUT2D eigenvalue weighted by molar-refractivity contribution is 7.86. The Kier molecular flexibility index (Phi) is 4.27. The lowest BCUT2D eigenvalue weighted by Crippen LogP contribution is -2.34. The first-order chi connectivity index (χ1) is 12.8. The Bertz CT molecular complexity index is 1020. The summed E-state index contributed by atoms with van der Waals surface area (Å²) in [5.74, 6) is -0.534. The number of carbonyl (C=O) groups is 1. The summed E-state index contributed by atoms with van der Waals surface area (Å²) in [6, 6.07) is 7.42. The fourth-order valence-corrected chi connectivity index (χ4v) is 3.88. The van der Waals surface area contributed by atoms with E-state index in [1.807, 2.05) is 6.92 Å². The third-order valence-corrected chi connectivity index (χ3v) is 5.62. The molecule has 0 radical (unpaired) electrons. The minimum absolute atomic E-state index is 0.00395. The molecule has 2 aromatic carbocycles. The number of nitrogens with one attached hydrogen (secondary N) is 1. The van der Waals surface area contributed by atoms with E-state index in [4.69, 9.17) is 13.7 Å². The number of anilines is 1. The topological polar surface area (TPSA) is 90.9 Å². The average Bonchev–Trinajstić information content (AvgIpc) is 3.03. The summed E-state index contributed by atoms with van der Waals surface area (Å²) >= 11 is 0. The Morgan fingerprint density at radius 1 is 1.30 bits per heavy atom. The monoisotopic (exact) mass is 393 g/mol. The molecule has 2 aliphatic rings. The van der Waals surface area contributed by atoms with Gasteiger partial charge in [0.05, 0.1) is 17.0 Å². The van der Waals surface area contributed by atoms with Crippen molar-refractivity contribution in [2.75, 3.05) is 18.5 Å². The van der Waals surface area contributed by atoms with Gasteiger partial charge in [0.15, 0.2) is 23.4 Å². The van der Waals surface area contributed by atoms with Crippen molar-refractivity contribution in [1.82, 2.24) is 0 Å². The van der Waals surface area contributed by atoms with E-state index in [1.54, 1.807) is 12.1 Å². The third-order valence-electron chi connectivity index (χ3n) is 4.33. The van der Waals surface area contributed by atoms with Crippen molar-refractivity contribution >= 4 is 21.7 Å². The maximum atomic E-state index is 14.0. The minimum atomic E-state index is -3.94. The van der Waals surface area contributed by atoms with E-state index >= 15 is 0 Å². The predicted octanol–water partition coefficient (Wildman–Crippen LogP) is 2.17. The van der Waals surface area contributed by atoms with Crippen LogP contribution in [-0.2, 0) is 25.5 Å². The standard InChI is InChI=1S/C18H16FNO6S/c1-10-2-4-12(5-3-10)27(22,23)25-9-11-8-24-15-7-14(19)17-13(18(15)26-11)6-16(21)20-17/h2-5,7,11H,6,8-9H2,1H3,(H,20,21). The molecule has 1 amide bonds. The van der Waals surface area contributed by atoms with E-state index in [-0.39, 0.29) is 47.6 Å². The smallest absolute Gasteiger partial charge is 0.297 e. The summed E-state index contributed by atoms with van der Waals surface area (Å²) in [7, 11) is -3.94. The molecule has 2 aromatic rings. The zero-order valence-corrected chi connectivity index (χ0v) is 15.1. The van der Waals surface area contributed by atoms with E-state index in [0.29, 0.717) is 5.56 Å². The van der Waals surface area contributed by atoms with Crippen molar-refractivity contribution in [2.24, 2.45) is 0 Å². The van der Waals surface area contributed by atoms with Gasteiger partial charge in [-0.05, 0) is 19.1 Å². The van der Waals surface area contributed by atoms with E-state index in [2.05, 4.69) is 5.32 Å². The molecule has 0 bridgehead atoms. The average molecular weight is 393 g/mol. The number of fused-ring (bicyclic) bond motifs is 3. The molecule has 0 saturated heterocycles. The lowest BCUT2D eigenvalue weighted by Gasteiger charge is -2.27. The second kappa shape index (κ2) is 6.50. The number of hydrogen-bond donors (Lipinski definition) is 1. The fourth-order valence-electron chi connectivity index (χ4n) is 2.95. The number of aryl methyl sites for hydroxylation is 1. The highest BCUT2D eigenvalue weighted by atomic mass is 32.2. The molecule has 1 unspecified atom stereocenters. The minimum Gasteiger partial charge on any atom is -0.486 e. The fraction of sp³-hybridized carbons (Fsp3) is 0.278. The van der Waals surface area contributed by atoms with Crippen LogP contribution in [0.3, 0.4) is 0 Å². The van der Waals surface area contributed by atoms with E-state index in [1.165, 1.54) is 12.1 Å². The van der Waals surface area contributed by atoms with Crippen molar-refractivity contribution in [3.8, 4) is 11.5 Å². The third kappa shape index (κ3) is 3.35. The second-order valence-electron chi connectivity index (χ2n) is 6.37. The van der Waals surface area contributed by atoms with Crippen molar-refractivity contribution < 1.29 is 31.3 Å². The zero-order chi connectivity index (χ0) is 19.2. The first-order valence-corrected chi connectivity index (χ1v) is 9.65. The molecular weight excluding hydrogens is 377 g/mol. The van der Waals surface area contributed by atoms with Gasteiger partial charge in [-0.3, -0.25) is 8.98 Å². The van der Waals surface area contributed by atoms with Crippen LogP contribution in [0.2, 0.25) is 0 Å². The Labute approximate surface area is 155 Å². The van der Waals surface area contributed by atoms with Crippen LogP contribution in [0.25, 0.3) is 0 Å². The normalized spacial score (nSPS) is 18.1. The molecule has 1 atom stereocenters. The molecule has 4 rings (SSSR count). The predicted molar refractivity (Wildman–Crippen MR) is 93.0 cm³/mol. The molecular formula is C18H16FNO6S. The van der Waals surface area contributed by atoms with Crippen LogP contribution in [0.15, 0.2) is 35.2 Å². The number of ether oxygens (including phenoxy) is 2. The summed E-state index contributed by atoms with van der Waals surface area (Å²) < 4.78 is 54.9. The number of benzene rings is 2. The molecule has 142 valence electrons. The van der Waals surface area contributed by atoms with Gasteiger partial charge in [-0.1, -0.05) is 17.7 Å². The van der Waals surface area contributed by atoms with Crippen LogP contribution >= 0.6 is 0 Å². The molecule has 0 aliphatic carbocycles. The number of carbonyl (C=O) groups excluding carboxylic acids is 1. The van der Waals surface area contributed by atoms with E-state index in [0.717, 1.165) is 11.6 Å². The summed E-state index contributed by atoms with van der Waals surface area (Å²) in [5, 5.41) is 2.44. The second-order valence-corrected chi connectivity index (χ2v) is 7.98. The van der Waals surface area contributed by atoms with Gasteiger partial charge < -0.3 is 14.8 Å². The van der Waals surface area contributed by atoms with Gasteiger partial charge in [-0.25, -0.2) is 4.39 Å². The number of halogens is 1. The van der Waals surface area contributed by atoms with E-state index < -0.39 is 22.0 Å². The number of hydrogen-bond acceptors (Lipinski definition) is 6. The largest absolute Gasteiger partial charge is 0.486 e. The molecule has 2 aliphatic heterocycles. The first kappa shape index (κ1) is 17.7. The van der Waals surface area contributed by atoms with Gasteiger partial charge in [0.25, 0.3) is 10.1 Å². The molecule has 27 heavy (non-hydrogen) atoms. The molecule has 7 nitrogen and oxygen atoms in total. The molecule has 0 aromatic heterocycles. The highest BCUT2D eigenvalue weighted by Gasteiger charge is 2.33. The van der Waals surface area contributed by atoms with Gasteiger partial charge in [-0.2, -0.15) is 8.42 Å². The summed E-state index contributed by atoms with van der Waals surface area (Å²) in [4.78, 5) is 11.6. The van der Waals surface area contributed by atoms with Crippen molar-refractivity contribution in [2.45, 2.75) is 24.3 Å². The maximum absolute atomic E-state index is 14.0. The highest BCUT2D eigenvalue weighted by Crippen LogP contribution is 2.43. The Morgan fingerprint density at radius 3 is 2.78 bits per heavy atom. The zero-order valence-electron chi connectivity index (χ0n) is 14.3. The molecule has 0 saturated carbocycles. The van der Waals surface area contributed by atoms with Gasteiger partial charge in [0, 0.05) is 11.6 Å². The van der Waals surface area contributed by atoms with Crippen LogP contribution in [-0.4, -0.2) is 33.6 Å². The lowest BCUT2D eigenvalue weighted by atomic mass is 10.1. The van der Waals surface area contributed by atoms with Crippen molar-refractivity contribution in [3.05, 3.63) is 47.3 Å². The summed E-state index contributed by atoms with van der Waals surface area (Å²) in [6.07, 6.45) is -0.753. The van der Waals surface area contributed by atoms with Crippen LogP contribution < -0.4 is 14.8 Å². The maximum Gasteiger partial charge on any atom is 0.297 e. The Morgan fingerprint density at radius 2 is 2.04 bits per heavy atom. The van der Waals surface area contributed by atoms with Crippen molar-refractivity contribution in [1.29, 1.82) is 0 Å². The molecule has 1 N–H and O–H groups in total. The molecule has 0 fully saturated rings. The van der Waals surface area contributed by atoms with Gasteiger partial charge in [0.2, 0.25) is 5.91 Å². The van der Waals surface area contributed by atoms with Crippen molar-refractivity contribution in [3.63, 3.8) is 0 Å². The van der Waals surface area contributed by atoms with Crippen LogP contribution in [0.1, 0.15) is 11.1 Å². The number of amides is 1. The first-order valence-electron chi connectivity index (χ1n) is 8.24. The molecule has 0 spiro atoms. The number of rotatable bonds is 4. The summed E-state index contributed by atoms with van der Waals surface area (Å²) in [5.41, 5.74) is 1.36. The van der Waals surface area contributed by atoms with Gasteiger partial charge in [-0.15, -0.1) is 0 Å². The quantitative estimate of drug-likeness (QED) is 0.801. The van der Waals surface area contributed by atoms with Gasteiger partial charge in [0.1, 0.15) is 13.2 Å². The lowest BCUT2D eigenvalue weighted by molar-refractivity contribution is -0.115. The molecule has 2 heterocycles. The SMILES string of the molecule is Cc1ccc(S(=O)(=O)OCC2COc3cc(F)c4c(c3O2)CC(=O)N4)cc1. The molecule has 9 heteroatoms. The Balaban J connectivity index is 1.50. The Hall–Kier alpha value is -2.65. The van der Waals surface area contributed by atoms with Crippen LogP contribution in [0.5, 0.6) is 11.5 Å². The van der Waals surface area contributed by atoms with Crippen LogP contribution in [0, 0.1) is 12.7 Å². The van der Waals surface area contributed by atoms with Gasteiger partial charge >= 0.3 is 0 Å².